The third-order valence-electron chi connectivity index (χ3n) is 1.53. The average molecular weight is 148 g/mol. The molecule has 56 valence electrons. The number of allylic oxidation sites excluding steroid dienone is 5. The van der Waals surface area contributed by atoms with E-state index < -0.39 is 0 Å². The van der Waals surface area contributed by atoms with Crippen molar-refractivity contribution in [1.82, 2.24) is 0 Å². The van der Waals surface area contributed by atoms with Gasteiger partial charge < -0.3 is 0 Å². The van der Waals surface area contributed by atoms with E-state index in [4.69, 9.17) is 0 Å². The van der Waals surface area contributed by atoms with Crippen LogP contribution in [0.25, 0.3) is 0 Å². The molecule has 0 N–H and O–H groups in total. The van der Waals surface area contributed by atoms with E-state index in [1.807, 2.05) is 0 Å². The van der Waals surface area contributed by atoms with E-state index >= 15 is 0 Å². The SMILES string of the molecule is C=C1C=C(C=O)C(C=O)=CC1. The van der Waals surface area contributed by atoms with Crippen LogP contribution in [0.15, 0.2) is 35.5 Å². The topological polar surface area (TPSA) is 34.1 Å². The summed E-state index contributed by atoms with van der Waals surface area (Å²) in [5, 5.41) is 0. The third kappa shape index (κ3) is 1.52. The second kappa shape index (κ2) is 3.10. The van der Waals surface area contributed by atoms with Crippen molar-refractivity contribution >= 4 is 12.6 Å². The summed E-state index contributed by atoms with van der Waals surface area (Å²) in [6.45, 7) is 3.69. The van der Waals surface area contributed by atoms with Crippen molar-refractivity contribution in [2.24, 2.45) is 0 Å². The zero-order valence-electron chi connectivity index (χ0n) is 6.04. The lowest BCUT2D eigenvalue weighted by atomic mass is 9.97. The van der Waals surface area contributed by atoms with Crippen LogP contribution in [-0.4, -0.2) is 12.6 Å². The second-order valence-corrected chi connectivity index (χ2v) is 2.36. The van der Waals surface area contributed by atoms with Gasteiger partial charge in [0.1, 0.15) is 6.29 Å². The fraction of sp³-hybridized carbons (Fsp3) is 0.111. The molecule has 0 radical (unpaired) electrons. The van der Waals surface area contributed by atoms with E-state index in [1.165, 1.54) is 0 Å². The van der Waals surface area contributed by atoms with Crippen LogP contribution in [0.1, 0.15) is 6.42 Å². The minimum atomic E-state index is 0.427. The Bertz CT molecular complexity index is 269. The number of hydrogen-bond acceptors (Lipinski definition) is 2. The van der Waals surface area contributed by atoms with Gasteiger partial charge in [0, 0.05) is 11.1 Å². The van der Waals surface area contributed by atoms with Crippen molar-refractivity contribution in [2.75, 3.05) is 0 Å². The molecule has 11 heavy (non-hydrogen) atoms. The highest BCUT2D eigenvalue weighted by atomic mass is 16.1. The molecule has 0 aromatic heterocycles. The van der Waals surface area contributed by atoms with Gasteiger partial charge >= 0.3 is 0 Å². The molecule has 0 aromatic carbocycles. The quantitative estimate of drug-likeness (QED) is 0.551. The molecule has 1 rings (SSSR count). The highest BCUT2D eigenvalue weighted by molar-refractivity contribution is 5.95. The number of aldehydes is 2. The molecule has 1 aliphatic carbocycles. The molecule has 0 heterocycles. The van der Waals surface area contributed by atoms with Crippen molar-refractivity contribution in [3.63, 3.8) is 0 Å². The predicted octanol–water partition coefficient (Wildman–Crippen LogP) is 1.20. The van der Waals surface area contributed by atoms with Crippen LogP contribution in [0, 0.1) is 0 Å². The Morgan fingerprint density at radius 2 is 1.91 bits per heavy atom. The van der Waals surface area contributed by atoms with Crippen LogP contribution in [0.3, 0.4) is 0 Å². The summed E-state index contributed by atoms with van der Waals surface area (Å²) in [7, 11) is 0. The van der Waals surface area contributed by atoms with Crippen LogP contribution >= 0.6 is 0 Å². The van der Waals surface area contributed by atoms with Gasteiger partial charge in [-0.15, -0.1) is 0 Å². The van der Waals surface area contributed by atoms with Crippen molar-refractivity contribution in [1.29, 1.82) is 0 Å². The Kier molecular flexibility index (Phi) is 2.16. The number of carbonyl (C=O) groups is 2. The Hall–Kier alpha value is -1.44. The van der Waals surface area contributed by atoms with Gasteiger partial charge in [-0.2, -0.15) is 0 Å². The lowest BCUT2D eigenvalue weighted by Gasteiger charge is -2.06. The second-order valence-electron chi connectivity index (χ2n) is 2.36. The maximum atomic E-state index is 10.4. The molecular formula is C9H8O2. The lowest BCUT2D eigenvalue weighted by molar-refractivity contribution is -0.107. The van der Waals surface area contributed by atoms with Gasteiger partial charge in [-0.05, 0) is 12.5 Å². The molecule has 0 bridgehead atoms. The molecule has 0 aliphatic heterocycles. The smallest absolute Gasteiger partial charge is 0.150 e. The van der Waals surface area contributed by atoms with E-state index in [0.29, 0.717) is 30.1 Å². The standard InChI is InChI=1S/C9H8O2/c1-7-2-3-8(5-10)9(4-7)6-11/h3-6H,1-2H2. The molecule has 0 amide bonds. The number of rotatable bonds is 2. The monoisotopic (exact) mass is 148 g/mol. The molecule has 0 saturated heterocycles. The van der Waals surface area contributed by atoms with Crippen LogP contribution in [0.5, 0.6) is 0 Å². The summed E-state index contributed by atoms with van der Waals surface area (Å²) in [5.74, 6) is 0. The molecule has 0 atom stereocenters. The van der Waals surface area contributed by atoms with Gasteiger partial charge in [-0.1, -0.05) is 18.2 Å². The van der Waals surface area contributed by atoms with Gasteiger partial charge in [0.2, 0.25) is 0 Å². The highest BCUT2D eigenvalue weighted by Gasteiger charge is 2.07. The van der Waals surface area contributed by atoms with Crippen LogP contribution in [-0.2, 0) is 9.59 Å². The first kappa shape index (κ1) is 7.66. The molecule has 0 fully saturated rings. The molecule has 0 saturated carbocycles. The van der Waals surface area contributed by atoms with Gasteiger partial charge in [-0.25, -0.2) is 0 Å². The summed E-state index contributed by atoms with van der Waals surface area (Å²) in [6, 6.07) is 0. The summed E-state index contributed by atoms with van der Waals surface area (Å²) in [4.78, 5) is 20.7. The predicted molar refractivity (Wildman–Crippen MR) is 42.1 cm³/mol. The Labute approximate surface area is 64.9 Å². The normalized spacial score (nSPS) is 16.9. The van der Waals surface area contributed by atoms with Gasteiger partial charge in [0.25, 0.3) is 0 Å². The molecule has 0 spiro atoms. The number of hydrogen-bond donors (Lipinski definition) is 0. The maximum absolute atomic E-state index is 10.4. The van der Waals surface area contributed by atoms with Gasteiger partial charge in [-0.3, -0.25) is 9.59 Å². The summed E-state index contributed by atoms with van der Waals surface area (Å²) >= 11 is 0. The summed E-state index contributed by atoms with van der Waals surface area (Å²) in [5.41, 5.74) is 1.75. The minimum Gasteiger partial charge on any atom is -0.298 e. The van der Waals surface area contributed by atoms with E-state index in [2.05, 4.69) is 6.58 Å². The molecule has 2 heteroatoms. The fourth-order valence-corrected chi connectivity index (χ4v) is 0.939. The van der Waals surface area contributed by atoms with Gasteiger partial charge in [0.05, 0.1) is 0 Å². The minimum absolute atomic E-state index is 0.427. The zero-order chi connectivity index (χ0) is 8.27. The third-order valence-corrected chi connectivity index (χ3v) is 1.53. The van der Waals surface area contributed by atoms with E-state index in [0.717, 1.165) is 5.57 Å². The average Bonchev–Trinajstić information content (AvgIpc) is 2.04. The molecular weight excluding hydrogens is 140 g/mol. The van der Waals surface area contributed by atoms with Gasteiger partial charge in [0.15, 0.2) is 6.29 Å². The maximum Gasteiger partial charge on any atom is 0.150 e. The zero-order valence-corrected chi connectivity index (χ0v) is 6.04. The Morgan fingerprint density at radius 1 is 1.27 bits per heavy atom. The van der Waals surface area contributed by atoms with Crippen molar-refractivity contribution in [3.8, 4) is 0 Å². The van der Waals surface area contributed by atoms with E-state index in [1.54, 1.807) is 12.2 Å². The van der Waals surface area contributed by atoms with E-state index in [9.17, 15) is 9.59 Å². The van der Waals surface area contributed by atoms with Crippen molar-refractivity contribution in [3.05, 3.63) is 35.5 Å². The molecule has 0 aromatic rings. The van der Waals surface area contributed by atoms with Crippen LogP contribution < -0.4 is 0 Å². The fourth-order valence-electron chi connectivity index (χ4n) is 0.939. The molecule has 0 unspecified atom stereocenters. The Balaban J connectivity index is 3.00. The van der Waals surface area contributed by atoms with Crippen LogP contribution in [0.4, 0.5) is 0 Å². The molecule has 2 nitrogen and oxygen atoms in total. The summed E-state index contributed by atoms with van der Waals surface area (Å²) < 4.78 is 0. The van der Waals surface area contributed by atoms with Crippen LogP contribution in [0.2, 0.25) is 0 Å². The summed E-state index contributed by atoms with van der Waals surface area (Å²) in [6.07, 6.45) is 5.36. The lowest BCUT2D eigenvalue weighted by Crippen LogP contribution is -1.98. The highest BCUT2D eigenvalue weighted by Crippen LogP contribution is 2.17. The number of carbonyl (C=O) groups excluding carboxylic acids is 2. The largest absolute Gasteiger partial charge is 0.298 e. The van der Waals surface area contributed by atoms with E-state index in [-0.39, 0.29) is 0 Å². The first-order valence-corrected chi connectivity index (χ1v) is 3.28. The first-order chi connectivity index (χ1) is 5.27. The van der Waals surface area contributed by atoms with Crippen molar-refractivity contribution in [2.45, 2.75) is 6.42 Å². The molecule has 1 aliphatic rings. The first-order valence-electron chi connectivity index (χ1n) is 3.28. The Morgan fingerprint density at radius 3 is 2.45 bits per heavy atom. The van der Waals surface area contributed by atoms with Crippen molar-refractivity contribution < 1.29 is 9.59 Å².